The van der Waals surface area contributed by atoms with Crippen molar-refractivity contribution in [2.75, 3.05) is 13.2 Å². The zero-order chi connectivity index (χ0) is 23.8. The summed E-state index contributed by atoms with van der Waals surface area (Å²) in [7, 11) is 0. The zero-order valence-electron chi connectivity index (χ0n) is 18.2. The highest BCUT2D eigenvalue weighted by Crippen LogP contribution is 2.25. The molecule has 0 unspecified atom stereocenters. The van der Waals surface area contributed by atoms with Gasteiger partial charge in [-0.2, -0.15) is 10.2 Å². The molecule has 0 radical (unpaired) electrons. The lowest BCUT2D eigenvalue weighted by Gasteiger charge is -2.11. The van der Waals surface area contributed by atoms with Crippen LogP contribution < -0.4 is 15.6 Å². The van der Waals surface area contributed by atoms with Crippen molar-refractivity contribution in [1.29, 1.82) is 5.26 Å². The minimum atomic E-state index is -0.600. The molecule has 33 heavy (non-hydrogen) atoms. The van der Waals surface area contributed by atoms with Crippen molar-refractivity contribution in [1.82, 2.24) is 14.7 Å². The zero-order valence-corrected chi connectivity index (χ0v) is 19.0. The van der Waals surface area contributed by atoms with E-state index >= 15 is 0 Å². The van der Waals surface area contributed by atoms with Gasteiger partial charge in [0.1, 0.15) is 28.6 Å². The Balaban J connectivity index is 1.93. The molecule has 0 aliphatic heterocycles. The first-order valence-corrected chi connectivity index (χ1v) is 10.7. The number of rotatable bonds is 9. The van der Waals surface area contributed by atoms with Gasteiger partial charge >= 0.3 is 0 Å². The van der Waals surface area contributed by atoms with Crippen molar-refractivity contribution in [3.63, 3.8) is 0 Å². The Hall–Kier alpha value is -3.67. The molecule has 0 spiro atoms. The van der Waals surface area contributed by atoms with E-state index in [9.17, 15) is 14.9 Å². The number of ether oxygens (including phenoxy) is 2. The summed E-state index contributed by atoms with van der Waals surface area (Å²) in [5.41, 5.74) is -0.383. The third-order valence-corrected chi connectivity index (χ3v) is 4.73. The lowest BCUT2D eigenvalue weighted by molar-refractivity contribution is -0.117. The smallest absolute Gasteiger partial charge is 0.269 e. The number of pyridine rings is 1. The normalized spacial score (nSPS) is 11.4. The SMILES string of the molecule is CC(C)OCCCNC(=O)/C(C#N)=C/c1c(Oc2ccc(Cl)cc2)nc2ccccn2c1=O. The van der Waals surface area contributed by atoms with Gasteiger partial charge in [0.2, 0.25) is 5.88 Å². The summed E-state index contributed by atoms with van der Waals surface area (Å²) >= 11 is 5.93. The lowest BCUT2D eigenvalue weighted by atomic mass is 10.1. The van der Waals surface area contributed by atoms with Crippen LogP contribution in [0.1, 0.15) is 25.8 Å². The van der Waals surface area contributed by atoms with Gasteiger partial charge in [0.25, 0.3) is 11.5 Å². The van der Waals surface area contributed by atoms with Gasteiger partial charge in [-0.3, -0.25) is 14.0 Å². The number of halogens is 1. The van der Waals surface area contributed by atoms with Crippen molar-refractivity contribution in [3.8, 4) is 17.7 Å². The first kappa shape index (κ1) is 24.0. The first-order chi connectivity index (χ1) is 15.9. The molecule has 0 fully saturated rings. The molecule has 170 valence electrons. The van der Waals surface area contributed by atoms with E-state index < -0.39 is 11.5 Å². The maximum absolute atomic E-state index is 13.2. The highest BCUT2D eigenvalue weighted by atomic mass is 35.5. The molecule has 9 heteroatoms. The minimum absolute atomic E-state index is 0.0245. The second-order valence-corrected chi connectivity index (χ2v) is 7.76. The van der Waals surface area contributed by atoms with E-state index in [2.05, 4.69) is 10.3 Å². The molecule has 1 N–H and O–H groups in total. The molecule has 1 aromatic carbocycles. The Bertz CT molecular complexity index is 1260. The van der Waals surface area contributed by atoms with Crippen LogP contribution in [0.25, 0.3) is 11.7 Å². The summed E-state index contributed by atoms with van der Waals surface area (Å²) in [6.07, 6.45) is 3.44. The molecule has 3 aromatic rings. The van der Waals surface area contributed by atoms with E-state index in [0.29, 0.717) is 36.0 Å². The lowest BCUT2D eigenvalue weighted by Crippen LogP contribution is -2.27. The van der Waals surface area contributed by atoms with E-state index in [0.717, 1.165) is 0 Å². The average Bonchev–Trinajstić information content (AvgIpc) is 2.80. The molecule has 0 bridgehead atoms. The topological polar surface area (TPSA) is 106 Å². The average molecular weight is 467 g/mol. The van der Waals surface area contributed by atoms with Gasteiger partial charge in [-0.15, -0.1) is 0 Å². The monoisotopic (exact) mass is 466 g/mol. The molecule has 2 aromatic heterocycles. The molecule has 8 nitrogen and oxygen atoms in total. The highest BCUT2D eigenvalue weighted by molar-refractivity contribution is 6.30. The molecular formula is C24H23ClN4O4. The Morgan fingerprint density at radius 1 is 1.27 bits per heavy atom. The van der Waals surface area contributed by atoms with Crippen LogP contribution in [0.5, 0.6) is 11.6 Å². The van der Waals surface area contributed by atoms with E-state index in [-0.39, 0.29) is 23.1 Å². The van der Waals surface area contributed by atoms with Crippen LogP contribution in [0.3, 0.4) is 0 Å². The number of hydrogen-bond donors (Lipinski definition) is 1. The summed E-state index contributed by atoms with van der Waals surface area (Å²) in [4.78, 5) is 30.1. The van der Waals surface area contributed by atoms with Crippen molar-refractivity contribution >= 4 is 29.2 Å². The molecule has 1 amide bonds. The van der Waals surface area contributed by atoms with Crippen molar-refractivity contribution in [2.45, 2.75) is 26.4 Å². The number of amides is 1. The third-order valence-electron chi connectivity index (χ3n) is 4.47. The van der Waals surface area contributed by atoms with Crippen LogP contribution in [-0.2, 0) is 9.53 Å². The van der Waals surface area contributed by atoms with E-state index in [1.54, 1.807) is 48.7 Å². The minimum Gasteiger partial charge on any atom is -0.438 e. The largest absolute Gasteiger partial charge is 0.438 e. The summed E-state index contributed by atoms with van der Waals surface area (Å²) in [6.45, 7) is 4.66. The molecule has 2 heterocycles. The standard InChI is InChI=1S/C24H23ClN4O4/c1-16(2)32-13-5-11-27-22(30)17(15-26)14-20-23(33-19-9-7-18(25)8-10-19)28-21-6-3-4-12-29(21)24(20)31/h3-4,6-10,12,14,16H,5,11,13H2,1-2H3,(H,27,30)/b17-14+. The number of hydrogen-bond acceptors (Lipinski definition) is 6. The molecule has 0 aliphatic carbocycles. The first-order valence-electron chi connectivity index (χ1n) is 10.4. The molecule has 3 rings (SSSR count). The van der Waals surface area contributed by atoms with Crippen LogP contribution in [0.2, 0.25) is 5.02 Å². The van der Waals surface area contributed by atoms with Gasteiger partial charge in [0, 0.05) is 24.4 Å². The summed E-state index contributed by atoms with van der Waals surface area (Å²) < 4.78 is 12.6. The Labute approximate surface area is 196 Å². The molecule has 0 saturated heterocycles. The fraction of sp³-hybridized carbons (Fsp3) is 0.250. The number of benzene rings is 1. The van der Waals surface area contributed by atoms with Gasteiger partial charge in [-0.05, 0) is 62.7 Å². The Morgan fingerprint density at radius 3 is 2.73 bits per heavy atom. The van der Waals surface area contributed by atoms with Crippen LogP contribution in [0.15, 0.2) is 59.0 Å². The third kappa shape index (κ3) is 6.42. The molecule has 0 saturated carbocycles. The Kier molecular flexibility index (Phi) is 8.19. The van der Waals surface area contributed by atoms with E-state index in [1.165, 1.54) is 10.5 Å². The number of nitrogens with zero attached hydrogens (tertiary/aromatic N) is 3. The quantitative estimate of drug-likeness (QED) is 0.290. The number of aromatic nitrogens is 2. The fourth-order valence-corrected chi connectivity index (χ4v) is 3.01. The number of nitrogens with one attached hydrogen (secondary N) is 1. The van der Waals surface area contributed by atoms with E-state index in [4.69, 9.17) is 21.1 Å². The number of carbonyl (C=O) groups is 1. The number of fused-ring (bicyclic) bond motifs is 1. The number of carbonyl (C=O) groups excluding carboxylic acids is 1. The molecule has 0 aliphatic rings. The van der Waals surface area contributed by atoms with Gasteiger partial charge in [-0.25, -0.2) is 0 Å². The Morgan fingerprint density at radius 2 is 2.03 bits per heavy atom. The van der Waals surface area contributed by atoms with Crippen molar-refractivity contribution < 1.29 is 14.3 Å². The predicted octanol–water partition coefficient (Wildman–Crippen LogP) is 3.98. The second-order valence-electron chi connectivity index (χ2n) is 7.32. The van der Waals surface area contributed by atoms with Gasteiger partial charge in [-0.1, -0.05) is 17.7 Å². The van der Waals surface area contributed by atoms with Crippen LogP contribution in [-0.4, -0.2) is 34.5 Å². The predicted molar refractivity (Wildman–Crippen MR) is 125 cm³/mol. The summed E-state index contributed by atoms with van der Waals surface area (Å²) in [6, 6.07) is 13.4. The van der Waals surface area contributed by atoms with Gasteiger partial charge in [0.15, 0.2) is 0 Å². The summed E-state index contributed by atoms with van der Waals surface area (Å²) in [5, 5.41) is 12.7. The van der Waals surface area contributed by atoms with Crippen molar-refractivity contribution in [3.05, 3.63) is 75.2 Å². The summed E-state index contributed by atoms with van der Waals surface area (Å²) in [5.74, 6) is -0.231. The molecular weight excluding hydrogens is 444 g/mol. The second kappa shape index (κ2) is 11.3. The van der Waals surface area contributed by atoms with Gasteiger partial charge in [0.05, 0.1) is 6.10 Å². The van der Waals surface area contributed by atoms with Crippen molar-refractivity contribution in [2.24, 2.45) is 0 Å². The number of nitriles is 1. The van der Waals surface area contributed by atoms with Crippen LogP contribution in [0.4, 0.5) is 0 Å². The maximum Gasteiger partial charge on any atom is 0.269 e. The van der Waals surface area contributed by atoms with Gasteiger partial charge < -0.3 is 14.8 Å². The highest BCUT2D eigenvalue weighted by Gasteiger charge is 2.17. The maximum atomic E-state index is 13.2. The fourth-order valence-electron chi connectivity index (χ4n) is 2.88. The van der Waals surface area contributed by atoms with E-state index in [1.807, 2.05) is 19.9 Å². The molecule has 0 atom stereocenters. The van der Waals surface area contributed by atoms with Crippen LogP contribution >= 0.6 is 11.6 Å². The van der Waals surface area contributed by atoms with Crippen LogP contribution in [0, 0.1) is 11.3 Å².